The number of allylic oxidation sites excluding steroid dienone is 1. The molecule has 0 amide bonds. The van der Waals surface area contributed by atoms with Crippen LogP contribution in [0.15, 0.2) is 29.8 Å². The molecule has 2 nitrogen and oxygen atoms in total. The fourth-order valence-electron chi connectivity index (χ4n) is 2.39. The van der Waals surface area contributed by atoms with Crippen LogP contribution in [0.2, 0.25) is 5.02 Å². The number of hydrogen-bond donors (Lipinski definition) is 1. The molecule has 0 atom stereocenters. The van der Waals surface area contributed by atoms with E-state index in [0.29, 0.717) is 6.04 Å². The van der Waals surface area contributed by atoms with Gasteiger partial charge in [0.15, 0.2) is 0 Å². The number of likely N-dealkylation sites (tertiary alicyclic amines) is 1. The van der Waals surface area contributed by atoms with Crippen LogP contribution in [0.4, 0.5) is 10.1 Å². The van der Waals surface area contributed by atoms with Gasteiger partial charge in [-0.1, -0.05) is 23.3 Å². The smallest absolute Gasteiger partial charge is 0.141 e. The molecule has 1 aliphatic rings. The Kier molecular flexibility index (Phi) is 5.44. The van der Waals surface area contributed by atoms with Gasteiger partial charge in [0.25, 0.3) is 0 Å². The zero-order chi connectivity index (χ0) is 14.5. The number of piperidine rings is 1. The number of halogens is 2. The lowest BCUT2D eigenvalue weighted by Gasteiger charge is -2.32. The van der Waals surface area contributed by atoms with Crippen molar-refractivity contribution in [3.8, 4) is 0 Å². The van der Waals surface area contributed by atoms with Gasteiger partial charge in [-0.25, -0.2) is 4.39 Å². The van der Waals surface area contributed by atoms with Gasteiger partial charge in [0.2, 0.25) is 0 Å². The highest BCUT2D eigenvalue weighted by molar-refractivity contribution is 6.31. The van der Waals surface area contributed by atoms with Crippen molar-refractivity contribution in [1.82, 2.24) is 4.90 Å². The number of nitrogens with zero attached hydrogens (tertiary/aromatic N) is 1. The van der Waals surface area contributed by atoms with Crippen LogP contribution in [-0.2, 0) is 0 Å². The summed E-state index contributed by atoms with van der Waals surface area (Å²) < 4.78 is 13.1. The molecule has 0 unspecified atom stereocenters. The molecule has 110 valence electrons. The first-order valence-electron chi connectivity index (χ1n) is 7.12. The second kappa shape index (κ2) is 7.09. The predicted octanol–water partition coefficient (Wildman–Crippen LogP) is 4.32. The van der Waals surface area contributed by atoms with E-state index >= 15 is 0 Å². The molecule has 1 N–H and O–H groups in total. The Morgan fingerprint density at radius 3 is 2.70 bits per heavy atom. The zero-order valence-corrected chi connectivity index (χ0v) is 12.9. The molecule has 0 radical (unpaired) electrons. The van der Waals surface area contributed by atoms with Gasteiger partial charge in [-0.3, -0.25) is 4.90 Å². The van der Waals surface area contributed by atoms with Crippen molar-refractivity contribution in [2.75, 3.05) is 25.0 Å². The first kappa shape index (κ1) is 15.3. The molecule has 1 saturated heterocycles. The minimum Gasteiger partial charge on any atom is -0.382 e. The van der Waals surface area contributed by atoms with Crippen LogP contribution in [0.3, 0.4) is 0 Å². The predicted molar refractivity (Wildman–Crippen MR) is 83.9 cm³/mol. The Morgan fingerprint density at radius 1 is 1.40 bits per heavy atom. The lowest BCUT2D eigenvalue weighted by atomic mass is 10.0. The number of nitrogens with one attached hydrogen (secondary N) is 1. The highest BCUT2D eigenvalue weighted by Gasteiger charge is 2.18. The van der Waals surface area contributed by atoms with E-state index in [2.05, 4.69) is 30.1 Å². The van der Waals surface area contributed by atoms with Crippen molar-refractivity contribution in [2.24, 2.45) is 0 Å². The lowest BCUT2D eigenvalue weighted by molar-refractivity contribution is 0.240. The van der Waals surface area contributed by atoms with Gasteiger partial charge in [0, 0.05) is 31.4 Å². The van der Waals surface area contributed by atoms with Crippen LogP contribution in [0, 0.1) is 5.82 Å². The molecule has 1 aliphatic heterocycles. The molecule has 1 aromatic carbocycles. The summed E-state index contributed by atoms with van der Waals surface area (Å²) in [6, 6.07) is 5.26. The van der Waals surface area contributed by atoms with Crippen LogP contribution in [0.1, 0.15) is 26.7 Å². The largest absolute Gasteiger partial charge is 0.382 e. The summed E-state index contributed by atoms with van der Waals surface area (Å²) in [6.07, 6.45) is 4.48. The minimum absolute atomic E-state index is 0.177. The van der Waals surface area contributed by atoms with Crippen molar-refractivity contribution in [3.63, 3.8) is 0 Å². The standard InChI is InChI=1S/C16H22ClFN2/c1-12(2)5-8-20-9-6-13(7-10-20)19-14-3-4-16(18)15(17)11-14/h3-5,11,13,19H,6-10H2,1-2H3. The molecular formula is C16H22ClFN2. The summed E-state index contributed by atoms with van der Waals surface area (Å²) in [7, 11) is 0. The number of rotatable bonds is 4. The average molecular weight is 297 g/mol. The van der Waals surface area contributed by atoms with Crippen LogP contribution < -0.4 is 5.32 Å². The molecule has 1 heterocycles. The topological polar surface area (TPSA) is 15.3 Å². The second-order valence-corrected chi connectivity index (χ2v) is 6.04. The van der Waals surface area contributed by atoms with Crippen molar-refractivity contribution in [1.29, 1.82) is 0 Å². The van der Waals surface area contributed by atoms with E-state index < -0.39 is 0 Å². The molecule has 20 heavy (non-hydrogen) atoms. The maximum absolute atomic E-state index is 13.1. The second-order valence-electron chi connectivity index (χ2n) is 5.63. The van der Waals surface area contributed by atoms with E-state index in [1.807, 2.05) is 0 Å². The molecule has 0 aliphatic carbocycles. The number of benzene rings is 1. The lowest BCUT2D eigenvalue weighted by Crippen LogP contribution is -2.39. The van der Waals surface area contributed by atoms with E-state index in [-0.39, 0.29) is 10.8 Å². The van der Waals surface area contributed by atoms with Gasteiger partial charge >= 0.3 is 0 Å². The first-order valence-corrected chi connectivity index (χ1v) is 7.49. The molecule has 0 aromatic heterocycles. The van der Waals surface area contributed by atoms with Crippen molar-refractivity contribution in [2.45, 2.75) is 32.7 Å². The summed E-state index contributed by atoms with van der Waals surface area (Å²) >= 11 is 5.80. The van der Waals surface area contributed by atoms with Gasteiger partial charge in [-0.15, -0.1) is 0 Å². The number of anilines is 1. The third-order valence-corrected chi connectivity index (χ3v) is 3.93. The normalized spacial score (nSPS) is 17.0. The van der Waals surface area contributed by atoms with E-state index in [1.54, 1.807) is 12.1 Å². The fourth-order valence-corrected chi connectivity index (χ4v) is 2.57. The van der Waals surface area contributed by atoms with E-state index in [4.69, 9.17) is 11.6 Å². The molecule has 0 spiro atoms. The quantitative estimate of drug-likeness (QED) is 0.832. The Hall–Kier alpha value is -1.06. The summed E-state index contributed by atoms with van der Waals surface area (Å²) in [5.41, 5.74) is 2.27. The average Bonchev–Trinajstić information content (AvgIpc) is 2.42. The Morgan fingerprint density at radius 2 is 2.10 bits per heavy atom. The molecular weight excluding hydrogens is 275 g/mol. The molecule has 1 fully saturated rings. The van der Waals surface area contributed by atoms with Gasteiger partial charge in [-0.05, 0) is 44.9 Å². The Balaban J connectivity index is 1.82. The van der Waals surface area contributed by atoms with Crippen LogP contribution in [-0.4, -0.2) is 30.6 Å². The van der Waals surface area contributed by atoms with Crippen LogP contribution in [0.5, 0.6) is 0 Å². The van der Waals surface area contributed by atoms with Crippen LogP contribution >= 0.6 is 11.6 Å². The SMILES string of the molecule is CC(C)=CCN1CCC(Nc2ccc(F)c(Cl)c2)CC1. The fraction of sp³-hybridized carbons (Fsp3) is 0.500. The van der Waals surface area contributed by atoms with E-state index in [9.17, 15) is 4.39 Å². The van der Waals surface area contributed by atoms with E-state index in [0.717, 1.165) is 38.2 Å². The van der Waals surface area contributed by atoms with Crippen molar-refractivity contribution in [3.05, 3.63) is 40.7 Å². The third kappa shape index (κ3) is 4.50. The summed E-state index contributed by atoms with van der Waals surface area (Å²) in [5, 5.41) is 3.62. The van der Waals surface area contributed by atoms with Crippen LogP contribution in [0.25, 0.3) is 0 Å². The maximum Gasteiger partial charge on any atom is 0.141 e. The molecule has 2 rings (SSSR count). The third-order valence-electron chi connectivity index (χ3n) is 3.64. The van der Waals surface area contributed by atoms with Gasteiger partial charge < -0.3 is 5.32 Å². The van der Waals surface area contributed by atoms with Gasteiger partial charge in [0.05, 0.1) is 5.02 Å². The molecule has 1 aromatic rings. The first-order chi connectivity index (χ1) is 9.54. The highest BCUT2D eigenvalue weighted by Crippen LogP contribution is 2.22. The Labute approximate surface area is 125 Å². The molecule has 4 heteroatoms. The molecule has 0 bridgehead atoms. The summed E-state index contributed by atoms with van der Waals surface area (Å²) in [4.78, 5) is 2.46. The summed E-state index contributed by atoms with van der Waals surface area (Å²) in [6.45, 7) is 7.49. The van der Waals surface area contributed by atoms with Gasteiger partial charge in [-0.2, -0.15) is 0 Å². The summed E-state index contributed by atoms with van der Waals surface area (Å²) in [5.74, 6) is -0.367. The minimum atomic E-state index is -0.367. The maximum atomic E-state index is 13.1. The zero-order valence-electron chi connectivity index (χ0n) is 12.1. The van der Waals surface area contributed by atoms with Gasteiger partial charge in [0.1, 0.15) is 5.82 Å². The monoisotopic (exact) mass is 296 g/mol. The van der Waals surface area contributed by atoms with E-state index in [1.165, 1.54) is 11.6 Å². The molecule has 0 saturated carbocycles. The number of hydrogen-bond acceptors (Lipinski definition) is 2. The van der Waals surface area contributed by atoms with Crippen molar-refractivity contribution < 1.29 is 4.39 Å². The Bertz CT molecular complexity index is 475. The van der Waals surface area contributed by atoms with Crippen molar-refractivity contribution >= 4 is 17.3 Å². The highest BCUT2D eigenvalue weighted by atomic mass is 35.5.